The third kappa shape index (κ3) is 1.25. The molecule has 2 unspecified atom stereocenters. The summed E-state index contributed by atoms with van der Waals surface area (Å²) in [6.07, 6.45) is -0.713. The fourth-order valence-corrected chi connectivity index (χ4v) is 1.45. The van der Waals surface area contributed by atoms with Crippen molar-refractivity contribution in [2.45, 2.75) is 6.10 Å². The zero-order chi connectivity index (χ0) is 9.26. The van der Waals surface area contributed by atoms with Crippen LogP contribution < -0.4 is 4.74 Å². The predicted molar refractivity (Wildman–Crippen MR) is 46.0 cm³/mol. The summed E-state index contributed by atoms with van der Waals surface area (Å²) in [6.45, 7) is 0.272. The van der Waals surface area contributed by atoms with E-state index in [9.17, 15) is 5.11 Å². The van der Waals surface area contributed by atoms with Crippen molar-refractivity contribution < 1.29 is 9.84 Å². The van der Waals surface area contributed by atoms with Gasteiger partial charge in [0, 0.05) is 5.56 Å². The molecule has 2 atom stereocenters. The van der Waals surface area contributed by atoms with Crippen LogP contribution >= 0.6 is 0 Å². The molecule has 0 saturated heterocycles. The molecule has 3 heteroatoms. The molecule has 1 aromatic rings. The summed E-state index contributed by atoms with van der Waals surface area (Å²) in [5.41, 5.74) is 0.709. The van der Waals surface area contributed by atoms with Crippen molar-refractivity contribution in [2.75, 3.05) is 6.61 Å². The summed E-state index contributed by atoms with van der Waals surface area (Å²) in [5, 5.41) is 18.4. The number of aliphatic hydroxyl groups is 1. The van der Waals surface area contributed by atoms with E-state index in [-0.39, 0.29) is 6.61 Å². The number of fused-ring (bicyclic) bond motifs is 1. The molecule has 0 fully saturated rings. The van der Waals surface area contributed by atoms with E-state index in [0.29, 0.717) is 11.3 Å². The molecule has 2 rings (SSSR count). The molecule has 1 aliphatic heterocycles. The third-order valence-electron chi connectivity index (χ3n) is 2.20. The molecular weight excluding hydrogens is 166 g/mol. The lowest BCUT2D eigenvalue weighted by atomic mass is 9.95. The van der Waals surface area contributed by atoms with Gasteiger partial charge in [0.05, 0.1) is 6.07 Å². The number of aliphatic hydroxyl groups excluding tert-OH is 1. The Morgan fingerprint density at radius 2 is 2.23 bits per heavy atom. The minimum absolute atomic E-state index is 0.272. The van der Waals surface area contributed by atoms with Gasteiger partial charge in [-0.2, -0.15) is 5.26 Å². The Labute approximate surface area is 76.2 Å². The van der Waals surface area contributed by atoms with Crippen LogP contribution in [-0.2, 0) is 0 Å². The normalized spacial score (nSPS) is 25.5. The first-order valence-electron chi connectivity index (χ1n) is 4.12. The topological polar surface area (TPSA) is 53.2 Å². The first kappa shape index (κ1) is 8.09. The van der Waals surface area contributed by atoms with Crippen LogP contribution in [-0.4, -0.2) is 11.7 Å². The molecule has 0 aromatic heterocycles. The van der Waals surface area contributed by atoms with Crippen molar-refractivity contribution in [3.8, 4) is 11.8 Å². The van der Waals surface area contributed by atoms with Crippen molar-refractivity contribution >= 4 is 0 Å². The van der Waals surface area contributed by atoms with Crippen molar-refractivity contribution in [3.05, 3.63) is 29.8 Å². The summed E-state index contributed by atoms with van der Waals surface area (Å²) >= 11 is 0. The summed E-state index contributed by atoms with van der Waals surface area (Å²) in [6, 6.07) is 9.27. The van der Waals surface area contributed by atoms with E-state index in [2.05, 4.69) is 0 Å². The van der Waals surface area contributed by atoms with Gasteiger partial charge in [-0.05, 0) is 6.07 Å². The van der Waals surface area contributed by atoms with Crippen molar-refractivity contribution in [3.63, 3.8) is 0 Å². The molecule has 0 amide bonds. The first-order chi connectivity index (χ1) is 6.33. The van der Waals surface area contributed by atoms with Gasteiger partial charge in [-0.1, -0.05) is 18.2 Å². The number of ether oxygens (including phenoxy) is 1. The fraction of sp³-hybridized carbons (Fsp3) is 0.300. The van der Waals surface area contributed by atoms with Crippen LogP contribution in [0.5, 0.6) is 5.75 Å². The van der Waals surface area contributed by atoms with E-state index in [1.165, 1.54) is 0 Å². The fourth-order valence-electron chi connectivity index (χ4n) is 1.45. The molecule has 0 aliphatic carbocycles. The van der Waals surface area contributed by atoms with E-state index in [4.69, 9.17) is 10.00 Å². The standard InChI is InChI=1S/C10H9NO2/c11-5-7-6-13-9-4-2-1-3-8(9)10(7)12/h1-4,7,10,12H,6H2. The number of benzene rings is 1. The van der Waals surface area contributed by atoms with Crippen LogP contribution in [0.2, 0.25) is 0 Å². The van der Waals surface area contributed by atoms with Gasteiger partial charge in [0.1, 0.15) is 24.4 Å². The van der Waals surface area contributed by atoms with Crippen molar-refractivity contribution in [1.29, 1.82) is 5.26 Å². The highest BCUT2D eigenvalue weighted by Gasteiger charge is 2.28. The Kier molecular flexibility index (Phi) is 1.91. The number of nitriles is 1. The lowest BCUT2D eigenvalue weighted by molar-refractivity contribution is 0.0781. The maximum atomic E-state index is 9.72. The Morgan fingerprint density at radius 3 is 3.00 bits per heavy atom. The van der Waals surface area contributed by atoms with E-state index < -0.39 is 12.0 Å². The lowest BCUT2D eigenvalue weighted by Gasteiger charge is -2.25. The van der Waals surface area contributed by atoms with Gasteiger partial charge in [-0.15, -0.1) is 0 Å². The second-order valence-electron chi connectivity index (χ2n) is 3.03. The van der Waals surface area contributed by atoms with E-state index >= 15 is 0 Å². The SMILES string of the molecule is N#CC1COc2ccccc2C1O. The molecule has 0 saturated carbocycles. The van der Waals surface area contributed by atoms with E-state index in [1.54, 1.807) is 12.1 Å². The second-order valence-corrected chi connectivity index (χ2v) is 3.03. The van der Waals surface area contributed by atoms with Gasteiger partial charge >= 0.3 is 0 Å². The number of nitrogens with zero attached hydrogens (tertiary/aromatic N) is 1. The maximum absolute atomic E-state index is 9.72. The molecule has 0 bridgehead atoms. The monoisotopic (exact) mass is 175 g/mol. The quantitative estimate of drug-likeness (QED) is 0.645. The molecule has 1 aromatic carbocycles. The molecule has 13 heavy (non-hydrogen) atoms. The van der Waals surface area contributed by atoms with Gasteiger partial charge in [-0.25, -0.2) is 0 Å². The average molecular weight is 175 g/mol. The highest BCUT2D eigenvalue weighted by Crippen LogP contribution is 2.34. The second kappa shape index (κ2) is 3.08. The maximum Gasteiger partial charge on any atom is 0.125 e. The number of hydrogen-bond acceptors (Lipinski definition) is 3. The molecule has 3 nitrogen and oxygen atoms in total. The predicted octanol–water partition coefficient (Wildman–Crippen LogP) is 1.25. The van der Waals surface area contributed by atoms with E-state index in [0.717, 1.165) is 0 Å². The molecular formula is C10H9NO2. The van der Waals surface area contributed by atoms with Gasteiger partial charge in [-0.3, -0.25) is 0 Å². The zero-order valence-electron chi connectivity index (χ0n) is 6.97. The Morgan fingerprint density at radius 1 is 1.46 bits per heavy atom. The smallest absolute Gasteiger partial charge is 0.125 e. The molecule has 0 radical (unpaired) electrons. The average Bonchev–Trinajstić information content (AvgIpc) is 2.19. The van der Waals surface area contributed by atoms with Crippen LogP contribution in [0.1, 0.15) is 11.7 Å². The van der Waals surface area contributed by atoms with Gasteiger partial charge in [0.2, 0.25) is 0 Å². The number of para-hydroxylation sites is 1. The summed E-state index contributed by atoms with van der Waals surface area (Å²) < 4.78 is 5.31. The molecule has 66 valence electrons. The summed E-state index contributed by atoms with van der Waals surface area (Å²) in [7, 11) is 0. The highest BCUT2D eigenvalue weighted by molar-refractivity contribution is 5.37. The third-order valence-corrected chi connectivity index (χ3v) is 2.20. The lowest BCUT2D eigenvalue weighted by Crippen LogP contribution is -2.24. The van der Waals surface area contributed by atoms with Crippen LogP contribution in [0.4, 0.5) is 0 Å². The largest absolute Gasteiger partial charge is 0.492 e. The molecule has 1 aliphatic rings. The Hall–Kier alpha value is -1.53. The molecule has 1 heterocycles. The van der Waals surface area contributed by atoms with Crippen molar-refractivity contribution in [2.24, 2.45) is 5.92 Å². The van der Waals surface area contributed by atoms with Gasteiger partial charge < -0.3 is 9.84 Å². The van der Waals surface area contributed by atoms with Crippen molar-refractivity contribution in [1.82, 2.24) is 0 Å². The van der Waals surface area contributed by atoms with Crippen LogP contribution in [0.3, 0.4) is 0 Å². The van der Waals surface area contributed by atoms with Crippen LogP contribution in [0.25, 0.3) is 0 Å². The Bertz CT molecular complexity index is 356. The number of rotatable bonds is 0. The zero-order valence-corrected chi connectivity index (χ0v) is 6.97. The van der Waals surface area contributed by atoms with Crippen LogP contribution in [0.15, 0.2) is 24.3 Å². The highest BCUT2D eigenvalue weighted by atomic mass is 16.5. The Balaban J connectivity index is 2.40. The van der Waals surface area contributed by atoms with Crippen LogP contribution in [0, 0.1) is 17.2 Å². The number of hydrogen-bond donors (Lipinski definition) is 1. The van der Waals surface area contributed by atoms with Gasteiger partial charge in [0.25, 0.3) is 0 Å². The minimum Gasteiger partial charge on any atom is -0.492 e. The molecule has 0 spiro atoms. The van der Waals surface area contributed by atoms with Gasteiger partial charge in [0.15, 0.2) is 0 Å². The molecule has 1 N–H and O–H groups in total. The first-order valence-corrected chi connectivity index (χ1v) is 4.12. The minimum atomic E-state index is -0.713. The summed E-state index contributed by atoms with van der Waals surface area (Å²) in [4.78, 5) is 0. The summed E-state index contributed by atoms with van der Waals surface area (Å²) in [5.74, 6) is 0.233. The van der Waals surface area contributed by atoms with E-state index in [1.807, 2.05) is 18.2 Å².